The summed E-state index contributed by atoms with van der Waals surface area (Å²) in [6.07, 6.45) is 1.01. The van der Waals surface area contributed by atoms with Crippen LogP contribution in [0, 0.1) is 5.82 Å². The van der Waals surface area contributed by atoms with Crippen molar-refractivity contribution >= 4 is 44.6 Å². The molecule has 0 spiro atoms. The number of sulfonamides is 1. The number of halogens is 3. The normalized spacial score (nSPS) is 20.6. The number of hydrogen-bond donors (Lipinski definition) is 1. The van der Waals surface area contributed by atoms with E-state index in [0.29, 0.717) is 18.8 Å². The van der Waals surface area contributed by atoms with Crippen LogP contribution in [-0.2, 0) is 14.8 Å². The molecule has 0 saturated carbocycles. The minimum Gasteiger partial charge on any atom is -0.372 e. The van der Waals surface area contributed by atoms with Crippen LogP contribution in [-0.4, -0.2) is 38.7 Å². The second kappa shape index (κ2) is 7.79. The lowest BCUT2D eigenvalue weighted by Gasteiger charge is -2.37. The predicted molar refractivity (Wildman–Crippen MR) is 104 cm³/mol. The third-order valence-corrected chi connectivity index (χ3v) is 6.08. The van der Waals surface area contributed by atoms with Crippen LogP contribution >= 0.6 is 23.2 Å². The number of nitrogens with zero attached hydrogens (tertiary/aromatic N) is 2. The first-order valence-corrected chi connectivity index (χ1v) is 10.4. The van der Waals surface area contributed by atoms with E-state index >= 15 is 0 Å². The number of benzene rings is 1. The van der Waals surface area contributed by atoms with Crippen molar-refractivity contribution in [2.45, 2.75) is 31.0 Å². The second-order valence-electron chi connectivity index (χ2n) is 6.37. The summed E-state index contributed by atoms with van der Waals surface area (Å²) in [5.74, 6) is -0.531. The van der Waals surface area contributed by atoms with Crippen LogP contribution in [0.5, 0.6) is 0 Å². The molecule has 6 nitrogen and oxygen atoms in total. The van der Waals surface area contributed by atoms with Gasteiger partial charge < -0.3 is 9.64 Å². The summed E-state index contributed by atoms with van der Waals surface area (Å²) in [4.78, 5) is 5.36. The SMILES string of the molecule is CC1CN(c2ccc(NS(=O)(=O)c3cnc(Cl)cc3Cl)cc2F)CC(C)O1. The Morgan fingerprint density at radius 2 is 1.89 bits per heavy atom. The zero-order valence-corrected chi connectivity index (χ0v) is 16.9. The Hall–Kier alpha value is -1.61. The Kier molecular flexibility index (Phi) is 5.81. The maximum atomic E-state index is 14.6. The molecule has 0 amide bonds. The predicted octanol–water partition coefficient (Wildman–Crippen LogP) is 3.94. The van der Waals surface area contributed by atoms with Gasteiger partial charge in [0, 0.05) is 19.2 Å². The average molecular weight is 434 g/mol. The Labute approximate surface area is 167 Å². The van der Waals surface area contributed by atoms with Crippen LogP contribution in [0.25, 0.3) is 0 Å². The van der Waals surface area contributed by atoms with Gasteiger partial charge in [0.1, 0.15) is 15.9 Å². The average Bonchev–Trinajstić information content (AvgIpc) is 2.53. The molecule has 27 heavy (non-hydrogen) atoms. The van der Waals surface area contributed by atoms with Crippen molar-refractivity contribution in [1.29, 1.82) is 0 Å². The zero-order chi connectivity index (χ0) is 19.8. The van der Waals surface area contributed by atoms with E-state index in [1.165, 1.54) is 12.1 Å². The number of rotatable bonds is 4. The minimum atomic E-state index is -4.04. The van der Waals surface area contributed by atoms with Gasteiger partial charge in [-0.2, -0.15) is 0 Å². The number of nitrogens with one attached hydrogen (secondary N) is 1. The number of anilines is 2. The highest BCUT2D eigenvalue weighted by Gasteiger charge is 2.25. The van der Waals surface area contributed by atoms with Crippen molar-refractivity contribution < 1.29 is 17.5 Å². The van der Waals surface area contributed by atoms with Gasteiger partial charge in [0.2, 0.25) is 0 Å². The lowest BCUT2D eigenvalue weighted by atomic mass is 10.2. The minimum absolute atomic E-state index is 0.0223. The molecule has 1 aromatic heterocycles. The topological polar surface area (TPSA) is 71.5 Å². The van der Waals surface area contributed by atoms with E-state index in [1.807, 2.05) is 18.7 Å². The largest absolute Gasteiger partial charge is 0.372 e. The van der Waals surface area contributed by atoms with E-state index < -0.39 is 15.8 Å². The van der Waals surface area contributed by atoms with Crippen molar-refractivity contribution in [1.82, 2.24) is 4.98 Å². The molecule has 146 valence electrons. The molecular weight excluding hydrogens is 416 g/mol. The van der Waals surface area contributed by atoms with Gasteiger partial charge in [0.15, 0.2) is 0 Å². The summed E-state index contributed by atoms with van der Waals surface area (Å²) in [6, 6.07) is 5.40. The van der Waals surface area contributed by atoms with Crippen LogP contribution in [0.1, 0.15) is 13.8 Å². The van der Waals surface area contributed by atoms with Crippen LogP contribution in [0.2, 0.25) is 10.2 Å². The van der Waals surface area contributed by atoms with Crippen molar-refractivity contribution in [3.8, 4) is 0 Å². The molecule has 1 aliphatic rings. The van der Waals surface area contributed by atoms with E-state index in [9.17, 15) is 12.8 Å². The van der Waals surface area contributed by atoms with Crippen molar-refractivity contribution in [3.05, 3.63) is 46.5 Å². The van der Waals surface area contributed by atoms with Crippen molar-refractivity contribution in [2.75, 3.05) is 22.7 Å². The number of aromatic nitrogens is 1. The van der Waals surface area contributed by atoms with Gasteiger partial charge in [-0.05, 0) is 32.0 Å². The maximum absolute atomic E-state index is 14.6. The Morgan fingerprint density at radius 3 is 2.48 bits per heavy atom. The summed E-state index contributed by atoms with van der Waals surface area (Å²) >= 11 is 11.6. The number of hydrogen-bond acceptors (Lipinski definition) is 5. The Morgan fingerprint density at radius 1 is 1.22 bits per heavy atom. The zero-order valence-electron chi connectivity index (χ0n) is 14.6. The third kappa shape index (κ3) is 4.63. The molecule has 1 N–H and O–H groups in total. The highest BCUT2D eigenvalue weighted by Crippen LogP contribution is 2.29. The van der Waals surface area contributed by atoms with Crippen LogP contribution in [0.4, 0.5) is 15.8 Å². The van der Waals surface area contributed by atoms with E-state index in [1.54, 1.807) is 6.07 Å². The van der Waals surface area contributed by atoms with Crippen LogP contribution < -0.4 is 9.62 Å². The number of ether oxygens (including phenoxy) is 1. The van der Waals surface area contributed by atoms with E-state index in [-0.39, 0.29) is 33.0 Å². The van der Waals surface area contributed by atoms with Gasteiger partial charge in [-0.1, -0.05) is 23.2 Å². The van der Waals surface area contributed by atoms with Crippen LogP contribution in [0.3, 0.4) is 0 Å². The molecule has 1 aliphatic heterocycles. The molecule has 0 radical (unpaired) electrons. The van der Waals surface area contributed by atoms with E-state index in [4.69, 9.17) is 27.9 Å². The molecule has 2 heterocycles. The van der Waals surface area contributed by atoms with Gasteiger partial charge in [0.25, 0.3) is 10.0 Å². The molecule has 0 aliphatic carbocycles. The Balaban J connectivity index is 1.83. The summed E-state index contributed by atoms with van der Waals surface area (Å²) < 4.78 is 47.6. The molecular formula is C17H18Cl2FN3O3S. The van der Waals surface area contributed by atoms with Gasteiger partial charge in [-0.15, -0.1) is 0 Å². The molecule has 1 saturated heterocycles. The van der Waals surface area contributed by atoms with Gasteiger partial charge in [-0.3, -0.25) is 4.72 Å². The number of morpholine rings is 1. The summed E-state index contributed by atoms with van der Waals surface area (Å²) in [7, 11) is -4.04. The fourth-order valence-corrected chi connectivity index (χ4v) is 4.73. The maximum Gasteiger partial charge on any atom is 0.264 e. The molecule has 1 aromatic carbocycles. The van der Waals surface area contributed by atoms with Gasteiger partial charge >= 0.3 is 0 Å². The molecule has 2 atom stereocenters. The summed E-state index contributed by atoms with van der Waals surface area (Å²) in [5, 5.41) is -0.000741. The van der Waals surface area contributed by atoms with Crippen LogP contribution in [0.15, 0.2) is 35.4 Å². The first kappa shape index (κ1) is 20.1. The third-order valence-electron chi connectivity index (χ3n) is 4.04. The lowest BCUT2D eigenvalue weighted by molar-refractivity contribution is -0.00539. The summed E-state index contributed by atoms with van der Waals surface area (Å²) in [5.41, 5.74) is 0.475. The second-order valence-corrected chi connectivity index (χ2v) is 8.82. The standard InChI is InChI=1S/C17H18Cl2FN3O3S/c1-10-8-23(9-11(2)26-10)15-4-3-12(5-14(15)20)22-27(24,25)16-7-21-17(19)6-13(16)18/h3-7,10-11,22H,8-9H2,1-2H3. The molecule has 10 heteroatoms. The fourth-order valence-electron chi connectivity index (χ4n) is 3.00. The monoisotopic (exact) mass is 433 g/mol. The van der Waals surface area contributed by atoms with Crippen molar-refractivity contribution in [2.24, 2.45) is 0 Å². The lowest BCUT2D eigenvalue weighted by Crippen LogP contribution is -2.45. The first-order valence-electron chi connectivity index (χ1n) is 8.19. The molecule has 2 aromatic rings. The number of pyridine rings is 1. The van der Waals surface area contributed by atoms with E-state index in [2.05, 4.69) is 9.71 Å². The quantitative estimate of drug-likeness (QED) is 0.739. The molecule has 0 bridgehead atoms. The summed E-state index contributed by atoms with van der Waals surface area (Å²) in [6.45, 7) is 4.96. The fraction of sp³-hybridized carbons (Fsp3) is 0.353. The first-order chi connectivity index (χ1) is 12.7. The highest BCUT2D eigenvalue weighted by atomic mass is 35.5. The van der Waals surface area contributed by atoms with Gasteiger partial charge in [-0.25, -0.2) is 17.8 Å². The molecule has 2 unspecified atom stereocenters. The van der Waals surface area contributed by atoms with Gasteiger partial charge in [0.05, 0.1) is 34.8 Å². The highest BCUT2D eigenvalue weighted by molar-refractivity contribution is 7.92. The smallest absolute Gasteiger partial charge is 0.264 e. The molecule has 3 rings (SSSR count). The van der Waals surface area contributed by atoms with E-state index in [0.717, 1.165) is 12.3 Å². The molecule has 1 fully saturated rings. The van der Waals surface area contributed by atoms with Crippen molar-refractivity contribution in [3.63, 3.8) is 0 Å². The Bertz CT molecular complexity index is 948.